The van der Waals surface area contributed by atoms with Gasteiger partial charge in [-0.3, -0.25) is 14.5 Å². The highest BCUT2D eigenvalue weighted by Crippen LogP contribution is 2.34. The number of aliphatic hydroxyl groups excluding tert-OH is 1. The quantitative estimate of drug-likeness (QED) is 0.848. The number of hydrogen-bond acceptors (Lipinski definition) is 4. The Hall–Kier alpha value is -1.92. The van der Waals surface area contributed by atoms with Gasteiger partial charge in [0.25, 0.3) is 0 Å². The van der Waals surface area contributed by atoms with Crippen LogP contribution in [0.15, 0.2) is 24.3 Å². The molecule has 2 aliphatic rings. The molecule has 0 spiro atoms. The van der Waals surface area contributed by atoms with Gasteiger partial charge < -0.3 is 15.1 Å². The third-order valence-electron chi connectivity index (χ3n) is 5.19. The van der Waals surface area contributed by atoms with E-state index in [1.165, 1.54) is 5.56 Å². The van der Waals surface area contributed by atoms with Crippen molar-refractivity contribution in [3.8, 4) is 0 Å². The minimum Gasteiger partial charge on any atom is -0.480 e. The number of benzene rings is 1. The largest absolute Gasteiger partial charge is 0.480 e. The molecule has 0 unspecified atom stereocenters. The number of β-amino-alcohol motifs (C(OH)–C–C–N with tert-alkyl or cyclic N) is 1. The smallest absolute Gasteiger partial charge is 0.317 e. The van der Waals surface area contributed by atoms with Crippen molar-refractivity contribution in [1.29, 1.82) is 0 Å². The summed E-state index contributed by atoms with van der Waals surface area (Å²) in [6.45, 7) is 0.505. The molecule has 6 nitrogen and oxygen atoms in total. The molecule has 1 saturated heterocycles. The van der Waals surface area contributed by atoms with Crippen LogP contribution in [0.25, 0.3) is 0 Å². The first kappa shape index (κ1) is 16.9. The van der Waals surface area contributed by atoms with Crippen LogP contribution in [0.3, 0.4) is 0 Å². The van der Waals surface area contributed by atoms with Crippen LogP contribution in [0.5, 0.6) is 0 Å². The van der Waals surface area contributed by atoms with Crippen LogP contribution in [0.2, 0.25) is 0 Å². The second-order valence-electron chi connectivity index (χ2n) is 6.83. The van der Waals surface area contributed by atoms with Gasteiger partial charge in [-0.1, -0.05) is 24.3 Å². The van der Waals surface area contributed by atoms with Gasteiger partial charge >= 0.3 is 5.97 Å². The van der Waals surface area contributed by atoms with Crippen LogP contribution in [0.4, 0.5) is 0 Å². The molecule has 1 amide bonds. The fourth-order valence-electron chi connectivity index (χ4n) is 3.94. The molecule has 24 heavy (non-hydrogen) atoms. The maximum Gasteiger partial charge on any atom is 0.317 e. The first-order chi connectivity index (χ1) is 11.5. The van der Waals surface area contributed by atoms with Gasteiger partial charge in [0.2, 0.25) is 5.91 Å². The molecule has 0 aromatic heterocycles. The number of amides is 1. The number of aryl methyl sites for hydroxylation is 1. The highest BCUT2D eigenvalue weighted by atomic mass is 16.4. The molecule has 0 bridgehead atoms. The summed E-state index contributed by atoms with van der Waals surface area (Å²) in [6.07, 6.45) is 2.12. The molecule has 3 atom stereocenters. The Morgan fingerprint density at radius 1 is 1.29 bits per heavy atom. The van der Waals surface area contributed by atoms with E-state index in [0.29, 0.717) is 6.54 Å². The van der Waals surface area contributed by atoms with Crippen LogP contribution in [0, 0.1) is 0 Å². The van der Waals surface area contributed by atoms with Gasteiger partial charge in [0.05, 0.1) is 24.6 Å². The zero-order chi connectivity index (χ0) is 17.3. The maximum atomic E-state index is 13.0. The van der Waals surface area contributed by atoms with Gasteiger partial charge in [-0.15, -0.1) is 0 Å². The molecule has 6 heteroatoms. The van der Waals surface area contributed by atoms with Crippen molar-refractivity contribution >= 4 is 11.9 Å². The van der Waals surface area contributed by atoms with E-state index in [4.69, 9.17) is 5.11 Å². The topological polar surface area (TPSA) is 81.1 Å². The molecule has 1 aromatic carbocycles. The number of carbonyl (C=O) groups is 2. The van der Waals surface area contributed by atoms with Gasteiger partial charge in [0.1, 0.15) is 0 Å². The summed E-state index contributed by atoms with van der Waals surface area (Å²) in [5.74, 6) is -1.03. The SMILES string of the molecule is CN(CC(=O)O)[C@@H]1CN(C(=O)[C@@H]2CCCc3ccccc32)C[C@H]1O. The number of rotatable bonds is 4. The second kappa shape index (κ2) is 6.91. The summed E-state index contributed by atoms with van der Waals surface area (Å²) >= 11 is 0. The summed E-state index contributed by atoms with van der Waals surface area (Å²) in [5.41, 5.74) is 2.34. The predicted octanol–water partition coefficient (Wildman–Crippen LogP) is 0.695. The number of fused-ring (bicyclic) bond motifs is 1. The lowest BCUT2D eigenvalue weighted by atomic mass is 9.82. The van der Waals surface area contributed by atoms with E-state index in [1.54, 1.807) is 16.8 Å². The average molecular weight is 332 g/mol. The third kappa shape index (κ3) is 3.30. The summed E-state index contributed by atoms with van der Waals surface area (Å²) in [5, 5.41) is 19.2. The first-order valence-corrected chi connectivity index (χ1v) is 8.44. The number of likely N-dealkylation sites (N-methyl/N-ethyl adjacent to an activating group) is 1. The Balaban J connectivity index is 1.72. The van der Waals surface area contributed by atoms with Gasteiger partial charge in [-0.25, -0.2) is 0 Å². The van der Waals surface area contributed by atoms with E-state index in [-0.39, 0.29) is 31.0 Å². The number of carboxylic acids is 1. The van der Waals surface area contributed by atoms with Crippen molar-refractivity contribution < 1.29 is 19.8 Å². The van der Waals surface area contributed by atoms with E-state index in [9.17, 15) is 14.7 Å². The molecule has 1 aromatic rings. The van der Waals surface area contributed by atoms with Crippen molar-refractivity contribution in [2.24, 2.45) is 0 Å². The van der Waals surface area contributed by atoms with Crippen LogP contribution in [-0.2, 0) is 16.0 Å². The zero-order valence-electron chi connectivity index (χ0n) is 13.9. The molecular weight excluding hydrogens is 308 g/mol. The second-order valence-corrected chi connectivity index (χ2v) is 6.83. The monoisotopic (exact) mass is 332 g/mol. The molecule has 1 fully saturated rings. The van der Waals surface area contributed by atoms with Crippen molar-refractivity contribution in [2.45, 2.75) is 37.3 Å². The van der Waals surface area contributed by atoms with Crippen molar-refractivity contribution in [3.63, 3.8) is 0 Å². The maximum absolute atomic E-state index is 13.0. The van der Waals surface area contributed by atoms with Crippen molar-refractivity contribution in [3.05, 3.63) is 35.4 Å². The number of likely N-dealkylation sites (tertiary alicyclic amines) is 1. The molecule has 3 rings (SSSR count). The zero-order valence-corrected chi connectivity index (χ0v) is 13.9. The fraction of sp³-hybridized carbons (Fsp3) is 0.556. The third-order valence-corrected chi connectivity index (χ3v) is 5.19. The van der Waals surface area contributed by atoms with Crippen molar-refractivity contribution in [2.75, 3.05) is 26.7 Å². The minimum absolute atomic E-state index is 0.0485. The minimum atomic E-state index is -0.935. The number of hydrogen-bond donors (Lipinski definition) is 2. The number of carbonyl (C=O) groups excluding carboxylic acids is 1. The normalized spacial score (nSPS) is 26.5. The standard InChI is InChI=1S/C18H24N2O4/c1-19(11-17(22)23)15-9-20(10-16(15)21)18(24)14-8-4-6-12-5-2-3-7-13(12)14/h2-3,5,7,14-16,21H,4,6,8-11H2,1H3,(H,22,23)/t14-,15-,16-/m1/s1. The predicted molar refractivity (Wildman–Crippen MR) is 88.8 cm³/mol. The Kier molecular flexibility index (Phi) is 4.87. The molecule has 0 saturated carbocycles. The Bertz CT molecular complexity index is 633. The molecular formula is C18H24N2O4. The van der Waals surface area contributed by atoms with E-state index in [1.807, 2.05) is 18.2 Å². The molecule has 1 aliphatic carbocycles. The number of aliphatic carboxylic acids is 1. The Morgan fingerprint density at radius 3 is 2.79 bits per heavy atom. The van der Waals surface area contributed by atoms with Crippen LogP contribution < -0.4 is 0 Å². The van der Waals surface area contributed by atoms with Gasteiger partial charge in [-0.05, 0) is 37.4 Å². The van der Waals surface area contributed by atoms with E-state index >= 15 is 0 Å². The lowest BCUT2D eigenvalue weighted by Gasteiger charge is -2.29. The fourth-order valence-corrected chi connectivity index (χ4v) is 3.94. The molecule has 2 N–H and O–H groups in total. The van der Waals surface area contributed by atoms with Crippen molar-refractivity contribution in [1.82, 2.24) is 9.80 Å². The van der Waals surface area contributed by atoms with Gasteiger partial charge in [-0.2, -0.15) is 0 Å². The number of nitrogens with zero attached hydrogens (tertiary/aromatic N) is 2. The Labute approximate surface area is 141 Å². The van der Waals surface area contributed by atoms with E-state index < -0.39 is 12.1 Å². The average Bonchev–Trinajstić information content (AvgIpc) is 2.95. The Morgan fingerprint density at radius 2 is 2.04 bits per heavy atom. The lowest BCUT2D eigenvalue weighted by molar-refractivity contribution is -0.138. The van der Waals surface area contributed by atoms with Gasteiger partial charge in [0.15, 0.2) is 0 Å². The molecule has 1 heterocycles. The summed E-state index contributed by atoms with van der Waals surface area (Å²) in [7, 11) is 1.67. The highest BCUT2D eigenvalue weighted by Gasteiger charge is 2.39. The summed E-state index contributed by atoms with van der Waals surface area (Å²) in [4.78, 5) is 27.1. The first-order valence-electron chi connectivity index (χ1n) is 8.44. The van der Waals surface area contributed by atoms with E-state index in [2.05, 4.69) is 6.07 Å². The molecule has 1 aliphatic heterocycles. The molecule has 130 valence electrons. The highest BCUT2D eigenvalue weighted by molar-refractivity contribution is 5.85. The molecule has 0 radical (unpaired) electrons. The summed E-state index contributed by atoms with van der Waals surface area (Å²) in [6, 6.07) is 7.74. The van der Waals surface area contributed by atoms with Gasteiger partial charge in [0, 0.05) is 13.1 Å². The summed E-state index contributed by atoms with van der Waals surface area (Å²) < 4.78 is 0. The lowest BCUT2D eigenvalue weighted by Crippen LogP contribution is -2.43. The number of aliphatic hydroxyl groups is 1. The van der Waals surface area contributed by atoms with Crippen LogP contribution in [0.1, 0.15) is 29.9 Å². The van der Waals surface area contributed by atoms with E-state index in [0.717, 1.165) is 24.8 Å². The van der Waals surface area contributed by atoms with Crippen LogP contribution in [-0.4, -0.2) is 70.7 Å². The number of carboxylic acid groups (broad SMARTS) is 1. The van der Waals surface area contributed by atoms with Crippen LogP contribution >= 0.6 is 0 Å².